The van der Waals surface area contributed by atoms with Crippen LogP contribution in [0.4, 0.5) is 13.2 Å². The maximum atomic E-state index is 12.6. The Labute approximate surface area is 139 Å². The Hall–Kier alpha value is -1.89. The molecule has 0 saturated heterocycles. The van der Waals surface area contributed by atoms with E-state index in [0.717, 1.165) is 30.8 Å². The fourth-order valence-electron chi connectivity index (χ4n) is 2.68. The Morgan fingerprint density at radius 3 is 2.25 bits per heavy atom. The van der Waals surface area contributed by atoms with E-state index < -0.39 is 17.8 Å². The van der Waals surface area contributed by atoms with Crippen LogP contribution in [0.5, 0.6) is 0 Å². The Bertz CT molecular complexity index is 661. The molecule has 0 amide bonds. The minimum atomic E-state index is -4.42. The van der Waals surface area contributed by atoms with Crippen molar-refractivity contribution < 1.29 is 18.3 Å². The molecule has 0 aliphatic carbocycles. The van der Waals surface area contributed by atoms with E-state index >= 15 is 0 Å². The van der Waals surface area contributed by atoms with Gasteiger partial charge in [0.25, 0.3) is 0 Å². The predicted octanol–water partition coefficient (Wildman–Crippen LogP) is 4.63. The molecule has 2 rings (SSSR count). The zero-order valence-corrected chi connectivity index (χ0v) is 14.0. The largest absolute Gasteiger partial charge is 0.417 e. The SMILES string of the molecule is CCC(O)c1cn(-c2ccc(C(F)(F)F)cn2)nc1C(CC)CC. The highest BCUT2D eigenvalue weighted by Crippen LogP contribution is 2.32. The second-order valence-electron chi connectivity index (χ2n) is 5.75. The molecule has 0 fully saturated rings. The second kappa shape index (κ2) is 7.34. The molecule has 2 aromatic heterocycles. The zero-order chi connectivity index (χ0) is 17.9. The van der Waals surface area contributed by atoms with Crippen LogP contribution in [0.15, 0.2) is 24.5 Å². The lowest BCUT2D eigenvalue weighted by Crippen LogP contribution is -2.07. The van der Waals surface area contributed by atoms with Gasteiger partial charge in [-0.3, -0.25) is 0 Å². The first-order valence-electron chi connectivity index (χ1n) is 8.12. The number of pyridine rings is 1. The van der Waals surface area contributed by atoms with Crippen LogP contribution in [0.3, 0.4) is 0 Å². The van der Waals surface area contributed by atoms with Gasteiger partial charge in [0.2, 0.25) is 0 Å². The van der Waals surface area contributed by atoms with Crippen molar-refractivity contribution in [3.05, 3.63) is 41.3 Å². The third-order valence-corrected chi connectivity index (χ3v) is 4.20. The molecule has 0 aliphatic heterocycles. The normalized spacial score (nSPS) is 13.5. The molecular weight excluding hydrogens is 319 g/mol. The van der Waals surface area contributed by atoms with Crippen LogP contribution < -0.4 is 0 Å². The van der Waals surface area contributed by atoms with Crippen LogP contribution in [-0.4, -0.2) is 19.9 Å². The van der Waals surface area contributed by atoms with Gasteiger partial charge in [-0.05, 0) is 31.4 Å². The first-order valence-corrected chi connectivity index (χ1v) is 8.12. The van der Waals surface area contributed by atoms with Gasteiger partial charge >= 0.3 is 6.18 Å². The molecule has 1 N–H and O–H groups in total. The molecule has 0 aromatic carbocycles. The molecule has 132 valence electrons. The van der Waals surface area contributed by atoms with Crippen molar-refractivity contribution in [1.29, 1.82) is 0 Å². The molecule has 1 atom stereocenters. The second-order valence-corrected chi connectivity index (χ2v) is 5.75. The highest BCUT2D eigenvalue weighted by molar-refractivity contribution is 5.31. The Morgan fingerprint density at radius 1 is 1.12 bits per heavy atom. The van der Waals surface area contributed by atoms with Gasteiger partial charge < -0.3 is 5.11 Å². The van der Waals surface area contributed by atoms with Gasteiger partial charge in [0.1, 0.15) is 0 Å². The van der Waals surface area contributed by atoms with Crippen LogP contribution in [-0.2, 0) is 6.18 Å². The summed E-state index contributed by atoms with van der Waals surface area (Å²) >= 11 is 0. The van der Waals surface area contributed by atoms with Gasteiger partial charge in [0, 0.05) is 23.9 Å². The molecule has 1 unspecified atom stereocenters. The third-order valence-electron chi connectivity index (χ3n) is 4.20. The number of nitrogens with zero attached hydrogens (tertiary/aromatic N) is 3. The van der Waals surface area contributed by atoms with E-state index in [1.807, 2.05) is 20.8 Å². The van der Waals surface area contributed by atoms with Crippen molar-refractivity contribution in [1.82, 2.24) is 14.8 Å². The number of aromatic nitrogens is 3. The summed E-state index contributed by atoms with van der Waals surface area (Å²) in [6, 6.07) is 2.27. The molecule has 0 spiro atoms. The monoisotopic (exact) mass is 341 g/mol. The molecule has 0 aliphatic rings. The summed E-state index contributed by atoms with van der Waals surface area (Å²) in [6.07, 6.45) is -0.321. The van der Waals surface area contributed by atoms with Crippen LogP contribution in [0.25, 0.3) is 5.82 Å². The number of hydrogen-bond acceptors (Lipinski definition) is 3. The van der Waals surface area contributed by atoms with E-state index in [2.05, 4.69) is 10.1 Å². The van der Waals surface area contributed by atoms with Gasteiger partial charge in [-0.15, -0.1) is 0 Å². The summed E-state index contributed by atoms with van der Waals surface area (Å²) in [5.74, 6) is 0.488. The molecule has 2 heterocycles. The van der Waals surface area contributed by atoms with Gasteiger partial charge in [0.05, 0.1) is 17.4 Å². The van der Waals surface area contributed by atoms with E-state index in [4.69, 9.17) is 0 Å². The number of hydrogen-bond donors (Lipinski definition) is 1. The fraction of sp³-hybridized carbons (Fsp3) is 0.529. The summed E-state index contributed by atoms with van der Waals surface area (Å²) in [5, 5.41) is 14.7. The van der Waals surface area contributed by atoms with Crippen molar-refractivity contribution in [2.24, 2.45) is 0 Å². The van der Waals surface area contributed by atoms with Crippen molar-refractivity contribution in [2.45, 2.75) is 58.2 Å². The Kier molecular flexibility index (Phi) is 5.64. The number of rotatable bonds is 6. The van der Waals surface area contributed by atoms with Gasteiger partial charge in [-0.25, -0.2) is 9.67 Å². The van der Waals surface area contributed by atoms with Crippen LogP contribution in [0.1, 0.15) is 68.9 Å². The quantitative estimate of drug-likeness (QED) is 0.833. The number of alkyl halides is 3. The lowest BCUT2D eigenvalue weighted by atomic mass is 9.94. The third kappa shape index (κ3) is 3.77. The van der Waals surface area contributed by atoms with Gasteiger partial charge in [-0.1, -0.05) is 20.8 Å². The average Bonchev–Trinajstić information content (AvgIpc) is 3.00. The average molecular weight is 341 g/mol. The topological polar surface area (TPSA) is 50.9 Å². The first-order chi connectivity index (χ1) is 11.3. The maximum Gasteiger partial charge on any atom is 0.417 e. The minimum absolute atomic E-state index is 0.192. The summed E-state index contributed by atoms with van der Waals surface area (Å²) < 4.78 is 39.4. The molecule has 2 aromatic rings. The molecule has 7 heteroatoms. The Balaban J connectivity index is 2.44. The van der Waals surface area contributed by atoms with Crippen molar-refractivity contribution in [2.75, 3.05) is 0 Å². The number of aliphatic hydroxyl groups is 1. The van der Waals surface area contributed by atoms with Crippen LogP contribution in [0.2, 0.25) is 0 Å². The zero-order valence-electron chi connectivity index (χ0n) is 14.0. The highest BCUT2D eigenvalue weighted by atomic mass is 19.4. The standard InChI is InChI=1S/C17H22F3N3O/c1-4-11(5-2)16-13(14(24)6-3)10-23(22-16)15-8-7-12(9-21-15)17(18,19)20/h7-11,14,24H,4-6H2,1-3H3. The number of halogens is 3. The lowest BCUT2D eigenvalue weighted by Gasteiger charge is -2.14. The first kappa shape index (κ1) is 18.4. The predicted molar refractivity (Wildman–Crippen MR) is 84.9 cm³/mol. The van der Waals surface area contributed by atoms with Gasteiger partial charge in [-0.2, -0.15) is 18.3 Å². The number of aliphatic hydroxyl groups excluding tert-OH is 1. The molecule has 0 radical (unpaired) electrons. The van der Waals surface area contributed by atoms with E-state index in [1.54, 1.807) is 6.20 Å². The van der Waals surface area contributed by atoms with E-state index in [1.165, 1.54) is 10.7 Å². The van der Waals surface area contributed by atoms with E-state index in [-0.39, 0.29) is 5.92 Å². The summed E-state index contributed by atoms with van der Waals surface area (Å²) in [7, 11) is 0. The van der Waals surface area contributed by atoms with E-state index in [0.29, 0.717) is 17.8 Å². The fourth-order valence-corrected chi connectivity index (χ4v) is 2.68. The minimum Gasteiger partial charge on any atom is -0.388 e. The lowest BCUT2D eigenvalue weighted by molar-refractivity contribution is -0.137. The van der Waals surface area contributed by atoms with Gasteiger partial charge in [0.15, 0.2) is 5.82 Å². The van der Waals surface area contributed by atoms with Crippen molar-refractivity contribution in [3.63, 3.8) is 0 Å². The summed E-state index contributed by atoms with van der Waals surface area (Å²) in [4.78, 5) is 3.86. The highest BCUT2D eigenvalue weighted by Gasteiger charge is 2.31. The van der Waals surface area contributed by atoms with Crippen molar-refractivity contribution >= 4 is 0 Å². The summed E-state index contributed by atoms with van der Waals surface area (Å²) in [6.45, 7) is 5.96. The molecular formula is C17H22F3N3O. The smallest absolute Gasteiger partial charge is 0.388 e. The molecule has 4 nitrogen and oxygen atoms in total. The van der Waals surface area contributed by atoms with Crippen molar-refractivity contribution in [3.8, 4) is 5.82 Å². The molecule has 24 heavy (non-hydrogen) atoms. The molecule has 0 bridgehead atoms. The van der Waals surface area contributed by atoms with Crippen LogP contribution >= 0.6 is 0 Å². The summed E-state index contributed by atoms with van der Waals surface area (Å²) in [5.41, 5.74) is 0.705. The Morgan fingerprint density at radius 2 is 1.79 bits per heavy atom. The maximum absolute atomic E-state index is 12.6. The van der Waals surface area contributed by atoms with Crippen LogP contribution in [0, 0.1) is 0 Å². The molecule has 0 saturated carbocycles. The van der Waals surface area contributed by atoms with E-state index in [9.17, 15) is 18.3 Å².